The van der Waals surface area contributed by atoms with Crippen LogP contribution in [0.4, 0.5) is 0 Å². The third-order valence-corrected chi connectivity index (χ3v) is 8.97. The second-order valence-electron chi connectivity index (χ2n) is 12.6. The molecule has 2 fully saturated rings. The number of aryl methyl sites for hydroxylation is 2. The highest BCUT2D eigenvalue weighted by atomic mass is 16.2. The summed E-state index contributed by atoms with van der Waals surface area (Å²) >= 11 is 0. The number of carbonyl (C=O) groups is 2. The highest BCUT2D eigenvalue weighted by Crippen LogP contribution is 2.25. The molecule has 0 aliphatic carbocycles. The van der Waals surface area contributed by atoms with Crippen molar-refractivity contribution in [2.75, 3.05) is 26.2 Å². The van der Waals surface area contributed by atoms with E-state index in [-0.39, 0.29) is 29.7 Å². The Morgan fingerprint density at radius 1 is 0.760 bits per heavy atom. The number of amides is 2. The predicted octanol–water partition coefficient (Wildman–Crippen LogP) is 3.10. The first-order chi connectivity index (χ1) is 24.2. The predicted molar refractivity (Wildman–Crippen MR) is 185 cm³/mol. The summed E-state index contributed by atoms with van der Waals surface area (Å²) in [6.45, 7) is 2.50. The zero-order valence-electron chi connectivity index (χ0n) is 27.6. The third kappa shape index (κ3) is 6.84. The maximum Gasteiger partial charge on any atom is 0.287 e. The van der Waals surface area contributed by atoms with Crippen molar-refractivity contribution in [1.82, 2.24) is 54.9 Å². The molecule has 4 N–H and O–H groups in total. The second-order valence-corrected chi connectivity index (χ2v) is 12.6. The minimum Gasteiger partial charge on any atom is -0.351 e. The monoisotopic (exact) mass is 669 g/mol. The number of nitrogens with one attached hydrogen (secondary N) is 4. The van der Waals surface area contributed by atoms with E-state index in [2.05, 4.69) is 48.2 Å². The number of nitriles is 2. The van der Waals surface area contributed by atoms with Crippen LogP contribution in [0.3, 0.4) is 0 Å². The van der Waals surface area contributed by atoms with Gasteiger partial charge in [-0.3, -0.25) is 19.0 Å². The zero-order valence-corrected chi connectivity index (χ0v) is 27.6. The Hall–Kier alpha value is -6.61. The van der Waals surface area contributed by atoms with Crippen molar-refractivity contribution in [3.8, 4) is 34.6 Å². The van der Waals surface area contributed by atoms with Gasteiger partial charge in [-0.2, -0.15) is 20.7 Å². The van der Waals surface area contributed by atoms with Crippen LogP contribution in [0.1, 0.15) is 33.9 Å². The minimum absolute atomic E-state index is 0.0181. The van der Waals surface area contributed by atoms with Crippen LogP contribution in [0.25, 0.3) is 44.2 Å². The van der Waals surface area contributed by atoms with E-state index < -0.39 is 0 Å². The van der Waals surface area contributed by atoms with Crippen LogP contribution in [-0.4, -0.2) is 94.4 Å². The largest absolute Gasteiger partial charge is 0.351 e. The molecule has 2 aliphatic rings. The third-order valence-electron chi connectivity index (χ3n) is 8.97. The number of aromatic nitrogens is 7. The van der Waals surface area contributed by atoms with E-state index in [9.17, 15) is 9.59 Å². The van der Waals surface area contributed by atoms with E-state index >= 15 is 0 Å². The van der Waals surface area contributed by atoms with Crippen LogP contribution < -0.4 is 10.6 Å². The SMILES string of the molecule is Cn1cc(-c2ccc3cc(C(=O)N[C@@H]4CCN(C#N)C4)[nH]c3c2)cn1.Cn1cc(-c2ccc3nc(C(=O)N[C@@H]4CCN(C#N)C4)[nH]c3c2)cn1. The van der Waals surface area contributed by atoms with Gasteiger partial charge in [0.1, 0.15) is 5.69 Å². The minimum atomic E-state index is -0.246. The summed E-state index contributed by atoms with van der Waals surface area (Å²) in [6.07, 6.45) is 13.3. The number of likely N-dealkylation sites (tertiary alicyclic amines) is 2. The molecule has 2 atom stereocenters. The van der Waals surface area contributed by atoms with Crippen LogP contribution in [0.15, 0.2) is 67.3 Å². The van der Waals surface area contributed by atoms with Crippen molar-refractivity contribution in [2.24, 2.45) is 14.1 Å². The van der Waals surface area contributed by atoms with Gasteiger partial charge in [0.05, 0.1) is 23.4 Å². The van der Waals surface area contributed by atoms with Gasteiger partial charge in [-0.25, -0.2) is 4.98 Å². The molecule has 2 amide bonds. The van der Waals surface area contributed by atoms with Gasteiger partial charge in [0.2, 0.25) is 0 Å². The summed E-state index contributed by atoms with van der Waals surface area (Å²) in [5.41, 5.74) is 7.09. The van der Waals surface area contributed by atoms with E-state index in [1.165, 1.54) is 0 Å². The maximum atomic E-state index is 12.5. The number of nitrogens with zero attached hydrogens (tertiary/aromatic N) is 9. The van der Waals surface area contributed by atoms with Crippen LogP contribution in [0, 0.1) is 22.9 Å². The number of hydrogen-bond acceptors (Lipinski definition) is 9. The Bertz CT molecular complexity index is 2120. The van der Waals surface area contributed by atoms with Gasteiger partial charge in [0, 0.05) is 86.8 Å². The van der Waals surface area contributed by atoms with Crippen LogP contribution in [0.5, 0.6) is 0 Å². The first-order valence-electron chi connectivity index (χ1n) is 16.3. The normalized spacial score (nSPS) is 17.0. The molecule has 0 radical (unpaired) electrons. The van der Waals surface area contributed by atoms with Crippen LogP contribution >= 0.6 is 0 Å². The van der Waals surface area contributed by atoms with E-state index in [1.807, 2.05) is 75.2 Å². The fourth-order valence-corrected chi connectivity index (χ4v) is 6.32. The number of carbonyl (C=O) groups excluding carboxylic acids is 2. The number of imidazole rings is 1. The molecule has 6 heterocycles. The molecule has 0 spiro atoms. The molecule has 2 aromatic carbocycles. The zero-order chi connectivity index (χ0) is 34.8. The molecule has 0 saturated carbocycles. The van der Waals surface area contributed by atoms with Crippen molar-refractivity contribution in [3.05, 3.63) is 78.8 Å². The number of aromatic amines is 2. The molecule has 15 nitrogen and oxygen atoms in total. The molecule has 2 saturated heterocycles. The van der Waals surface area contributed by atoms with Crippen molar-refractivity contribution in [1.29, 1.82) is 10.5 Å². The first-order valence-corrected chi connectivity index (χ1v) is 16.3. The van der Waals surface area contributed by atoms with E-state index in [0.29, 0.717) is 31.9 Å². The summed E-state index contributed by atoms with van der Waals surface area (Å²) in [7, 11) is 3.76. The standard InChI is InChI=1S/C18H18N6O.C17H17N7O/c1-23-9-14(8-20-23)12-2-3-13-7-17(22-16(13)6-12)18(25)21-15-4-5-24(10-15)11-19;1-23-8-12(7-19-23)11-2-3-14-15(6-11)22-16(21-14)17(25)20-13-4-5-24(9-13)10-18/h2-3,6-9,15,22H,4-5,10H2,1H3,(H,21,25);2-3,6-8,13H,4-5,9H2,1H3,(H,20,25)(H,21,22)/t15-;13-/m11/s1. The fraction of sp³-hybridized carbons (Fsp3) is 0.286. The number of benzene rings is 2. The Morgan fingerprint density at radius 3 is 1.90 bits per heavy atom. The lowest BCUT2D eigenvalue weighted by molar-refractivity contribution is 0.0923. The molecule has 15 heteroatoms. The lowest BCUT2D eigenvalue weighted by Crippen LogP contribution is -2.36. The number of hydrogen-bond donors (Lipinski definition) is 4. The Labute approximate surface area is 287 Å². The van der Waals surface area contributed by atoms with Gasteiger partial charge in [-0.05, 0) is 48.2 Å². The maximum absolute atomic E-state index is 12.5. The summed E-state index contributed by atoms with van der Waals surface area (Å²) in [6, 6.07) is 13.7. The quantitative estimate of drug-likeness (QED) is 0.193. The molecular weight excluding hydrogens is 634 g/mol. The van der Waals surface area contributed by atoms with Crippen LogP contribution in [0.2, 0.25) is 0 Å². The average molecular weight is 670 g/mol. The number of fused-ring (bicyclic) bond motifs is 2. The van der Waals surface area contributed by atoms with Gasteiger partial charge >= 0.3 is 0 Å². The molecular formula is C35H35N13O2. The molecule has 50 heavy (non-hydrogen) atoms. The second kappa shape index (κ2) is 13.5. The van der Waals surface area contributed by atoms with Gasteiger partial charge in [-0.1, -0.05) is 18.2 Å². The van der Waals surface area contributed by atoms with Gasteiger partial charge in [0.25, 0.3) is 11.8 Å². The molecule has 0 bridgehead atoms. The van der Waals surface area contributed by atoms with Crippen molar-refractivity contribution in [3.63, 3.8) is 0 Å². The van der Waals surface area contributed by atoms with Gasteiger partial charge in [0.15, 0.2) is 18.2 Å². The van der Waals surface area contributed by atoms with Crippen molar-refractivity contribution < 1.29 is 9.59 Å². The molecule has 6 aromatic rings. The van der Waals surface area contributed by atoms with Gasteiger partial charge in [-0.15, -0.1) is 0 Å². The topological polar surface area (TPSA) is 192 Å². The van der Waals surface area contributed by atoms with Crippen molar-refractivity contribution >= 4 is 33.8 Å². The average Bonchev–Trinajstić information content (AvgIpc) is 3.97. The summed E-state index contributed by atoms with van der Waals surface area (Å²) in [5, 5.41) is 33.1. The number of rotatable bonds is 6. The smallest absolute Gasteiger partial charge is 0.287 e. The van der Waals surface area contributed by atoms with Gasteiger partial charge < -0.3 is 30.4 Å². The Kier molecular flexibility index (Phi) is 8.62. The van der Waals surface area contributed by atoms with E-state index in [0.717, 1.165) is 57.0 Å². The highest BCUT2D eigenvalue weighted by molar-refractivity contribution is 5.99. The Morgan fingerprint density at radius 2 is 1.34 bits per heavy atom. The van der Waals surface area contributed by atoms with E-state index in [1.54, 1.807) is 25.4 Å². The lowest BCUT2D eigenvalue weighted by atomic mass is 10.1. The Balaban J connectivity index is 0.000000157. The fourth-order valence-electron chi connectivity index (χ4n) is 6.32. The molecule has 0 unspecified atom stereocenters. The van der Waals surface area contributed by atoms with E-state index in [4.69, 9.17) is 10.5 Å². The molecule has 252 valence electrons. The first kappa shape index (κ1) is 32.0. The van der Waals surface area contributed by atoms with Crippen molar-refractivity contribution in [2.45, 2.75) is 24.9 Å². The lowest BCUT2D eigenvalue weighted by Gasteiger charge is -2.11. The number of H-pyrrole nitrogens is 2. The van der Waals surface area contributed by atoms with Crippen LogP contribution in [-0.2, 0) is 14.1 Å². The molecule has 2 aliphatic heterocycles. The molecule has 4 aromatic heterocycles. The summed E-state index contributed by atoms with van der Waals surface area (Å²) in [5.74, 6) is -0.0958. The summed E-state index contributed by atoms with van der Waals surface area (Å²) < 4.78 is 3.51. The summed E-state index contributed by atoms with van der Waals surface area (Å²) in [4.78, 5) is 38.8. The molecule has 8 rings (SSSR count). The highest BCUT2D eigenvalue weighted by Gasteiger charge is 2.25.